The second kappa shape index (κ2) is 9.18. The van der Waals surface area contributed by atoms with Crippen LogP contribution >= 0.6 is 0 Å². The number of rotatable bonds is 6. The lowest BCUT2D eigenvalue weighted by molar-refractivity contribution is 0.183. The molecule has 5 rings (SSSR count). The van der Waals surface area contributed by atoms with Gasteiger partial charge in [-0.3, -0.25) is 0 Å². The minimum Gasteiger partial charge on any atom is -0.381 e. The van der Waals surface area contributed by atoms with Gasteiger partial charge in [-0.05, 0) is 32.1 Å². The number of benzene rings is 1. The first kappa shape index (κ1) is 22.0. The van der Waals surface area contributed by atoms with Gasteiger partial charge in [0.05, 0.1) is 18.3 Å². The molecule has 176 valence electrons. The van der Waals surface area contributed by atoms with Crippen LogP contribution < -0.4 is 16.4 Å². The van der Waals surface area contributed by atoms with E-state index in [4.69, 9.17) is 10.5 Å². The molecule has 0 bridgehead atoms. The Morgan fingerprint density at radius 2 is 1.82 bits per heavy atom. The van der Waals surface area contributed by atoms with Gasteiger partial charge in [-0.15, -0.1) is 0 Å². The molecular weight excluding hydrogens is 433 g/mol. The molecule has 1 aliphatic heterocycles. The normalized spacial score (nSPS) is 23.2. The summed E-state index contributed by atoms with van der Waals surface area (Å²) in [7, 11) is 0. The van der Waals surface area contributed by atoms with E-state index in [0.717, 1.165) is 43.4 Å². The van der Waals surface area contributed by atoms with Crippen molar-refractivity contribution >= 4 is 28.5 Å². The highest BCUT2D eigenvalue weighted by molar-refractivity contribution is 5.81. The van der Waals surface area contributed by atoms with Crippen molar-refractivity contribution < 1.29 is 17.9 Å². The first-order valence-electron chi connectivity index (χ1n) is 11.3. The molecule has 1 aliphatic carbocycles. The summed E-state index contributed by atoms with van der Waals surface area (Å²) < 4.78 is 49.4. The summed E-state index contributed by atoms with van der Waals surface area (Å²) in [5.41, 5.74) is 6.95. The van der Waals surface area contributed by atoms with Crippen LogP contribution in [0.3, 0.4) is 0 Å². The lowest BCUT2D eigenvalue weighted by atomic mass is 9.92. The van der Waals surface area contributed by atoms with Gasteiger partial charge in [0.1, 0.15) is 22.8 Å². The fraction of sp³-hybridized carbons (Fsp3) is 0.478. The zero-order valence-electron chi connectivity index (χ0n) is 18.2. The van der Waals surface area contributed by atoms with Crippen molar-refractivity contribution in [1.82, 2.24) is 14.5 Å². The highest BCUT2D eigenvalue weighted by Gasteiger charge is 2.23. The molecule has 1 atom stereocenters. The van der Waals surface area contributed by atoms with E-state index in [0.29, 0.717) is 43.4 Å². The number of pyridine rings is 1. The highest BCUT2D eigenvalue weighted by Crippen LogP contribution is 2.30. The number of nitrogens with two attached hydrogens (primary N) is 1. The van der Waals surface area contributed by atoms with E-state index in [-0.39, 0.29) is 17.9 Å². The lowest BCUT2D eigenvalue weighted by Crippen LogP contribution is -2.33. The molecule has 0 radical (unpaired) electrons. The Balaban J connectivity index is 1.48. The summed E-state index contributed by atoms with van der Waals surface area (Å²) in [6, 6.07) is 3.75. The van der Waals surface area contributed by atoms with Crippen LogP contribution in [0.4, 0.5) is 30.6 Å². The molecule has 3 heterocycles. The number of ether oxygens (including phenoxy) is 1. The number of halogens is 3. The number of hydrogen-bond donors (Lipinski definition) is 3. The smallest absolute Gasteiger partial charge is 0.208 e. The maximum Gasteiger partial charge on any atom is 0.208 e. The topological polar surface area (TPSA) is 90.0 Å². The summed E-state index contributed by atoms with van der Waals surface area (Å²) in [5, 5.41) is 6.22. The quantitative estimate of drug-likeness (QED) is 0.508. The number of hydrogen-bond acceptors (Lipinski definition) is 6. The third-order valence-electron chi connectivity index (χ3n) is 6.47. The SMILES string of the molecule is NC1CCC(Nc2cc3c(cn2)nc(Nc2c(F)cc(F)cc2F)n3CC2CCOC2)CC1. The van der Waals surface area contributed by atoms with Gasteiger partial charge in [-0.2, -0.15) is 0 Å². The summed E-state index contributed by atoms with van der Waals surface area (Å²) in [4.78, 5) is 9.02. The number of aromatic nitrogens is 3. The molecule has 2 aromatic heterocycles. The number of imidazole rings is 1. The van der Waals surface area contributed by atoms with Crippen LogP contribution in [0.2, 0.25) is 0 Å². The minimum atomic E-state index is -1.02. The van der Waals surface area contributed by atoms with Gasteiger partial charge in [0.25, 0.3) is 0 Å². The van der Waals surface area contributed by atoms with Crippen LogP contribution in [-0.4, -0.2) is 39.8 Å². The standard InChI is InChI=1S/C23H27F3N6O/c24-14-7-17(25)22(18(26)8-14)31-23-30-19-10-28-21(29-16-3-1-15(27)2-4-16)9-20(19)32(23)11-13-5-6-33-12-13/h7-10,13,15-16H,1-6,11-12,27H2,(H,28,29)(H,30,31). The number of nitrogens with zero attached hydrogens (tertiary/aromatic N) is 3. The fourth-order valence-electron chi connectivity index (χ4n) is 4.62. The minimum absolute atomic E-state index is 0.246. The molecule has 1 aromatic carbocycles. The predicted octanol–water partition coefficient (Wildman–Crippen LogP) is 4.31. The Bertz CT molecular complexity index is 1120. The Morgan fingerprint density at radius 3 is 2.52 bits per heavy atom. The monoisotopic (exact) mass is 460 g/mol. The van der Waals surface area contributed by atoms with Crippen LogP contribution in [0.25, 0.3) is 11.0 Å². The molecule has 2 fully saturated rings. The van der Waals surface area contributed by atoms with Crippen molar-refractivity contribution in [2.24, 2.45) is 11.7 Å². The second-order valence-corrected chi connectivity index (χ2v) is 8.96. The van der Waals surface area contributed by atoms with E-state index in [9.17, 15) is 13.2 Å². The number of nitrogens with one attached hydrogen (secondary N) is 2. The molecule has 7 nitrogen and oxygen atoms in total. The fourth-order valence-corrected chi connectivity index (χ4v) is 4.62. The van der Waals surface area contributed by atoms with Crippen molar-refractivity contribution in [1.29, 1.82) is 0 Å². The number of anilines is 3. The summed E-state index contributed by atoms with van der Waals surface area (Å²) in [5.74, 6) is -1.79. The van der Waals surface area contributed by atoms with Gasteiger partial charge in [0, 0.05) is 49.4 Å². The molecule has 1 saturated carbocycles. The summed E-state index contributed by atoms with van der Waals surface area (Å²) in [6.45, 7) is 1.85. The molecule has 2 aliphatic rings. The summed E-state index contributed by atoms with van der Waals surface area (Å²) >= 11 is 0. The lowest BCUT2D eigenvalue weighted by Gasteiger charge is -2.27. The molecule has 0 amide bonds. The van der Waals surface area contributed by atoms with Gasteiger partial charge in [0.15, 0.2) is 11.6 Å². The van der Waals surface area contributed by atoms with Gasteiger partial charge in [-0.25, -0.2) is 23.1 Å². The third-order valence-corrected chi connectivity index (χ3v) is 6.47. The van der Waals surface area contributed by atoms with Crippen molar-refractivity contribution in [3.05, 3.63) is 41.8 Å². The van der Waals surface area contributed by atoms with Crippen LogP contribution in [0.1, 0.15) is 32.1 Å². The van der Waals surface area contributed by atoms with E-state index >= 15 is 0 Å². The van der Waals surface area contributed by atoms with E-state index in [1.165, 1.54) is 0 Å². The van der Waals surface area contributed by atoms with Crippen LogP contribution in [0.5, 0.6) is 0 Å². The molecule has 4 N–H and O–H groups in total. The van der Waals surface area contributed by atoms with E-state index in [1.54, 1.807) is 6.20 Å². The second-order valence-electron chi connectivity index (χ2n) is 8.96. The Kier molecular flexibility index (Phi) is 6.11. The van der Waals surface area contributed by atoms with Crippen molar-refractivity contribution in [3.63, 3.8) is 0 Å². The molecule has 33 heavy (non-hydrogen) atoms. The van der Waals surface area contributed by atoms with Crippen LogP contribution in [0, 0.1) is 23.4 Å². The van der Waals surface area contributed by atoms with Gasteiger partial charge < -0.3 is 25.7 Å². The molecule has 1 unspecified atom stereocenters. The van der Waals surface area contributed by atoms with Crippen LogP contribution in [0.15, 0.2) is 24.4 Å². The average Bonchev–Trinajstić information content (AvgIpc) is 3.41. The molecule has 0 spiro atoms. The largest absolute Gasteiger partial charge is 0.381 e. The molecule has 1 saturated heterocycles. The Hall–Kier alpha value is -2.85. The van der Waals surface area contributed by atoms with Gasteiger partial charge >= 0.3 is 0 Å². The van der Waals surface area contributed by atoms with Crippen molar-refractivity contribution in [2.45, 2.75) is 50.7 Å². The number of fused-ring (bicyclic) bond motifs is 1. The Morgan fingerprint density at radius 1 is 1.06 bits per heavy atom. The van der Waals surface area contributed by atoms with Crippen molar-refractivity contribution in [2.75, 3.05) is 23.8 Å². The first-order chi connectivity index (χ1) is 16.0. The van der Waals surface area contributed by atoms with E-state index in [2.05, 4.69) is 20.6 Å². The Labute approximate surface area is 189 Å². The molecule has 3 aromatic rings. The zero-order valence-corrected chi connectivity index (χ0v) is 18.2. The van der Waals surface area contributed by atoms with Crippen LogP contribution in [-0.2, 0) is 11.3 Å². The first-order valence-corrected chi connectivity index (χ1v) is 11.3. The van der Waals surface area contributed by atoms with E-state index < -0.39 is 23.1 Å². The molecule has 10 heteroatoms. The zero-order chi connectivity index (χ0) is 22.9. The molecular formula is C23H27F3N6O. The van der Waals surface area contributed by atoms with Gasteiger partial charge in [0.2, 0.25) is 5.95 Å². The predicted molar refractivity (Wildman–Crippen MR) is 120 cm³/mol. The van der Waals surface area contributed by atoms with Crippen molar-refractivity contribution in [3.8, 4) is 0 Å². The van der Waals surface area contributed by atoms with E-state index in [1.807, 2.05) is 10.6 Å². The maximum atomic E-state index is 14.3. The van der Waals surface area contributed by atoms with Gasteiger partial charge in [-0.1, -0.05) is 0 Å². The maximum absolute atomic E-state index is 14.3. The average molecular weight is 461 g/mol. The highest BCUT2D eigenvalue weighted by atomic mass is 19.1. The summed E-state index contributed by atoms with van der Waals surface area (Å²) in [6.07, 6.45) is 6.45. The third kappa shape index (κ3) is 4.77.